The molecule has 3 aromatic rings. The fraction of sp³-hybridized carbons (Fsp3) is 0.429. The van der Waals surface area contributed by atoms with Gasteiger partial charge in [-0.05, 0) is 93.4 Å². The Morgan fingerprint density at radius 1 is 1.11 bits per heavy atom. The molecule has 2 atom stereocenters. The SMILES string of the molecule is C#Cc1ncc([C@@H](CC(=O)O)NC(=O)[C@H](CC(C)C)n2cc(CCN(C)C)c(C(F)(F)F)cc2=O)cc1-c1c(C)cc(C)cc1C. The minimum Gasteiger partial charge on any atom is -0.481 e. The van der Waals surface area contributed by atoms with Gasteiger partial charge >= 0.3 is 12.1 Å². The van der Waals surface area contributed by atoms with Gasteiger partial charge in [0.05, 0.1) is 18.0 Å². The highest BCUT2D eigenvalue weighted by molar-refractivity contribution is 5.82. The molecule has 0 saturated heterocycles. The van der Waals surface area contributed by atoms with E-state index < -0.39 is 47.7 Å². The summed E-state index contributed by atoms with van der Waals surface area (Å²) in [7, 11) is 3.44. The molecule has 0 radical (unpaired) electrons. The van der Waals surface area contributed by atoms with E-state index in [1.807, 2.05) is 46.8 Å². The second-order valence-corrected chi connectivity index (χ2v) is 12.4. The van der Waals surface area contributed by atoms with Crippen LogP contribution < -0.4 is 10.9 Å². The number of amides is 1. The maximum absolute atomic E-state index is 13.9. The maximum atomic E-state index is 13.9. The molecule has 1 aromatic carbocycles. The first kappa shape index (κ1) is 36.0. The number of alkyl halides is 3. The summed E-state index contributed by atoms with van der Waals surface area (Å²) < 4.78 is 42.7. The Balaban J connectivity index is 2.13. The number of carbonyl (C=O) groups is 2. The second kappa shape index (κ2) is 14.8. The number of nitrogens with one attached hydrogen (secondary N) is 1. The third-order valence-electron chi connectivity index (χ3n) is 7.72. The highest BCUT2D eigenvalue weighted by Gasteiger charge is 2.36. The summed E-state index contributed by atoms with van der Waals surface area (Å²) in [6, 6.07) is 3.95. The standard InChI is InChI=1S/C35H41F3N4O4/c1-9-28-26(33-22(5)13-21(4)14-23(33)6)15-25(18-39-28)29(17-32(44)45)40-34(46)30(12-20(2)3)42-19-24(10-11-41(7)8)27(16-31(42)43)35(36,37)38/h1,13-16,18-20,29-30H,10-12,17H2,2-8H3,(H,40,46)(H,44,45)/t29-,30+/m1/s1. The number of aromatic nitrogens is 2. The van der Waals surface area contributed by atoms with Gasteiger partial charge in [-0.15, -0.1) is 6.42 Å². The monoisotopic (exact) mass is 638 g/mol. The first-order valence-corrected chi connectivity index (χ1v) is 15.0. The van der Waals surface area contributed by atoms with Crippen LogP contribution in [-0.2, 0) is 22.2 Å². The maximum Gasteiger partial charge on any atom is 0.416 e. The predicted octanol–water partition coefficient (Wildman–Crippen LogP) is 5.86. The summed E-state index contributed by atoms with van der Waals surface area (Å²) in [5.74, 6) is 0.541. The number of aryl methyl sites for hydroxylation is 3. The fourth-order valence-electron chi connectivity index (χ4n) is 5.71. The van der Waals surface area contributed by atoms with Gasteiger partial charge in [0.1, 0.15) is 11.7 Å². The Morgan fingerprint density at radius 3 is 2.26 bits per heavy atom. The molecular weight excluding hydrogens is 597 g/mol. The van der Waals surface area contributed by atoms with Gasteiger partial charge in [0.2, 0.25) is 5.91 Å². The molecule has 0 spiro atoms. The average molecular weight is 639 g/mol. The van der Waals surface area contributed by atoms with E-state index in [0.717, 1.165) is 33.0 Å². The molecule has 0 aliphatic heterocycles. The summed E-state index contributed by atoms with van der Waals surface area (Å²) in [4.78, 5) is 45.2. The molecule has 0 fully saturated rings. The molecule has 1 amide bonds. The molecule has 2 N–H and O–H groups in total. The Kier molecular flexibility index (Phi) is 11.6. The molecule has 0 bridgehead atoms. The third-order valence-corrected chi connectivity index (χ3v) is 7.72. The van der Waals surface area contributed by atoms with Crippen LogP contribution in [0.2, 0.25) is 0 Å². The van der Waals surface area contributed by atoms with Crippen molar-refractivity contribution in [3.8, 4) is 23.5 Å². The molecule has 0 aliphatic rings. The number of hydrogen-bond donors (Lipinski definition) is 2. The molecule has 8 nitrogen and oxygen atoms in total. The number of likely N-dealkylation sites (N-methyl/N-ethyl adjacent to an activating group) is 1. The number of carboxylic acids is 1. The molecule has 246 valence electrons. The summed E-state index contributed by atoms with van der Waals surface area (Å²) in [5, 5.41) is 12.5. The van der Waals surface area contributed by atoms with Gasteiger partial charge in [-0.1, -0.05) is 31.5 Å². The fourth-order valence-corrected chi connectivity index (χ4v) is 5.71. The first-order valence-electron chi connectivity index (χ1n) is 15.0. The van der Waals surface area contributed by atoms with Crippen molar-refractivity contribution in [1.29, 1.82) is 0 Å². The van der Waals surface area contributed by atoms with Crippen molar-refractivity contribution in [2.24, 2.45) is 5.92 Å². The second-order valence-electron chi connectivity index (χ2n) is 12.4. The lowest BCUT2D eigenvalue weighted by Crippen LogP contribution is -2.40. The van der Waals surface area contributed by atoms with Crippen molar-refractivity contribution in [2.45, 2.75) is 72.1 Å². The molecule has 46 heavy (non-hydrogen) atoms. The minimum atomic E-state index is -4.76. The Hall–Kier alpha value is -4.43. The molecule has 2 heterocycles. The van der Waals surface area contributed by atoms with E-state index in [1.54, 1.807) is 25.1 Å². The van der Waals surface area contributed by atoms with Gasteiger partial charge in [-0.25, -0.2) is 4.98 Å². The smallest absolute Gasteiger partial charge is 0.416 e. The summed E-state index contributed by atoms with van der Waals surface area (Å²) in [6.07, 6.45) is 3.13. The van der Waals surface area contributed by atoms with Crippen LogP contribution in [0.15, 0.2) is 41.5 Å². The van der Waals surface area contributed by atoms with E-state index >= 15 is 0 Å². The Labute approximate surface area is 267 Å². The van der Waals surface area contributed by atoms with Gasteiger partial charge in [0.15, 0.2) is 0 Å². The highest BCUT2D eigenvalue weighted by atomic mass is 19.4. The zero-order chi connectivity index (χ0) is 34.5. The number of nitrogens with zero attached hydrogens (tertiary/aromatic N) is 3. The molecular formula is C35H41F3N4O4. The number of pyridine rings is 2. The van der Waals surface area contributed by atoms with Crippen molar-refractivity contribution >= 4 is 11.9 Å². The first-order chi connectivity index (χ1) is 21.4. The van der Waals surface area contributed by atoms with Crippen molar-refractivity contribution in [1.82, 2.24) is 19.8 Å². The summed E-state index contributed by atoms with van der Waals surface area (Å²) in [6.45, 7) is 9.76. The molecule has 11 heteroatoms. The Bertz CT molecular complexity index is 1680. The van der Waals surface area contributed by atoms with E-state index in [0.29, 0.717) is 22.9 Å². The number of carboxylic acid groups (broad SMARTS) is 1. The van der Waals surface area contributed by atoms with E-state index in [4.69, 9.17) is 6.42 Å². The van der Waals surface area contributed by atoms with Gasteiger partial charge < -0.3 is 19.9 Å². The minimum absolute atomic E-state index is 0.00635. The largest absolute Gasteiger partial charge is 0.481 e. The molecule has 0 saturated carbocycles. The van der Waals surface area contributed by atoms with Crippen LogP contribution >= 0.6 is 0 Å². The van der Waals surface area contributed by atoms with E-state index in [1.165, 1.54) is 6.20 Å². The van der Waals surface area contributed by atoms with Crippen LogP contribution in [0, 0.1) is 39.0 Å². The van der Waals surface area contributed by atoms with Crippen molar-refractivity contribution < 1.29 is 27.9 Å². The van der Waals surface area contributed by atoms with Gasteiger partial charge in [-0.3, -0.25) is 14.4 Å². The lowest BCUT2D eigenvalue weighted by molar-refractivity contribution is -0.139. The van der Waals surface area contributed by atoms with Crippen molar-refractivity contribution in [2.75, 3.05) is 20.6 Å². The van der Waals surface area contributed by atoms with Crippen LogP contribution in [0.5, 0.6) is 0 Å². The quantitative estimate of drug-likeness (QED) is 0.241. The zero-order valence-electron chi connectivity index (χ0n) is 27.2. The van der Waals surface area contributed by atoms with Crippen molar-refractivity contribution in [3.63, 3.8) is 0 Å². The highest BCUT2D eigenvalue weighted by Crippen LogP contribution is 2.34. The number of halogens is 3. The molecule has 0 aliphatic carbocycles. The van der Waals surface area contributed by atoms with Crippen LogP contribution in [0.3, 0.4) is 0 Å². The average Bonchev–Trinajstić information content (AvgIpc) is 2.93. The number of benzene rings is 1. The normalized spacial score (nSPS) is 13.0. The van der Waals surface area contributed by atoms with Crippen molar-refractivity contribution in [3.05, 3.63) is 86.1 Å². The molecule has 0 unspecified atom stereocenters. The zero-order valence-corrected chi connectivity index (χ0v) is 27.2. The summed E-state index contributed by atoms with van der Waals surface area (Å²) >= 11 is 0. The van der Waals surface area contributed by atoms with Crippen LogP contribution in [0.1, 0.15) is 77.8 Å². The van der Waals surface area contributed by atoms with E-state index in [9.17, 15) is 32.7 Å². The topological polar surface area (TPSA) is 105 Å². The predicted molar refractivity (Wildman–Crippen MR) is 171 cm³/mol. The molecule has 2 aromatic heterocycles. The number of rotatable bonds is 12. The third kappa shape index (κ3) is 8.85. The number of aliphatic carboxylic acids is 1. The summed E-state index contributed by atoms with van der Waals surface area (Å²) in [5.41, 5.74) is 2.95. The Morgan fingerprint density at radius 2 is 1.74 bits per heavy atom. The van der Waals surface area contributed by atoms with Gasteiger partial charge in [0.25, 0.3) is 5.56 Å². The number of hydrogen-bond acceptors (Lipinski definition) is 5. The number of carbonyl (C=O) groups excluding carboxylic acids is 1. The van der Waals surface area contributed by atoms with Gasteiger partial charge in [0, 0.05) is 30.6 Å². The van der Waals surface area contributed by atoms with Crippen LogP contribution in [-0.4, -0.2) is 52.1 Å². The van der Waals surface area contributed by atoms with Gasteiger partial charge in [-0.2, -0.15) is 13.2 Å². The number of terminal acetylenes is 1. The van der Waals surface area contributed by atoms with E-state index in [2.05, 4.69) is 16.2 Å². The molecule has 3 rings (SSSR count). The van der Waals surface area contributed by atoms with Crippen LogP contribution in [0.25, 0.3) is 11.1 Å². The lowest BCUT2D eigenvalue weighted by Gasteiger charge is -2.26. The van der Waals surface area contributed by atoms with E-state index in [-0.39, 0.29) is 30.9 Å². The van der Waals surface area contributed by atoms with Crippen LogP contribution in [0.4, 0.5) is 13.2 Å². The lowest BCUT2D eigenvalue weighted by atomic mass is 9.91.